The van der Waals surface area contributed by atoms with Gasteiger partial charge >= 0.3 is 5.97 Å². The van der Waals surface area contributed by atoms with Gasteiger partial charge in [0.1, 0.15) is 6.04 Å². The van der Waals surface area contributed by atoms with Crippen molar-refractivity contribution in [3.63, 3.8) is 0 Å². The molecule has 0 fully saturated rings. The van der Waals surface area contributed by atoms with E-state index in [1.54, 1.807) is 12.1 Å². The van der Waals surface area contributed by atoms with Gasteiger partial charge in [-0.25, -0.2) is 4.79 Å². The Labute approximate surface area is 188 Å². The van der Waals surface area contributed by atoms with Crippen molar-refractivity contribution >= 4 is 22.6 Å². The second kappa shape index (κ2) is 11.4. The van der Waals surface area contributed by atoms with Crippen molar-refractivity contribution in [2.45, 2.75) is 38.3 Å². The summed E-state index contributed by atoms with van der Waals surface area (Å²) in [5.41, 5.74) is 2.81. The summed E-state index contributed by atoms with van der Waals surface area (Å²) in [6.07, 6.45) is 1.81. The van der Waals surface area contributed by atoms with Crippen LogP contribution in [0, 0.1) is 0 Å². The molecule has 0 bridgehead atoms. The predicted octanol–water partition coefficient (Wildman–Crippen LogP) is 3.69. The number of aliphatic hydroxyl groups is 1. The highest BCUT2D eigenvalue weighted by Gasteiger charge is 2.19. The number of hydrogen-bond donors (Lipinski definition) is 4. The Balaban J connectivity index is 1.48. The first kappa shape index (κ1) is 23.4. The Bertz CT molecular complexity index is 1040. The first-order valence-electron chi connectivity index (χ1n) is 10.9. The van der Waals surface area contributed by atoms with Gasteiger partial charge in [-0.15, -0.1) is 0 Å². The molecule has 3 aromatic rings. The molecule has 0 aromatic heterocycles. The molecule has 2 atom stereocenters. The Morgan fingerprint density at radius 1 is 0.969 bits per heavy atom. The second-order valence-electron chi connectivity index (χ2n) is 7.92. The minimum absolute atomic E-state index is 0.0244. The van der Waals surface area contributed by atoms with Gasteiger partial charge in [0.2, 0.25) is 0 Å². The fraction of sp³-hybridized carbons (Fsp3) is 0.308. The van der Waals surface area contributed by atoms with Crippen LogP contribution in [0.1, 0.15) is 47.3 Å². The molecular weight excluding hydrogens is 404 g/mol. The zero-order chi connectivity index (χ0) is 22.9. The van der Waals surface area contributed by atoms with Gasteiger partial charge in [-0.05, 0) is 60.3 Å². The number of aliphatic hydroxyl groups excluding tert-OH is 1. The monoisotopic (exact) mass is 434 g/mol. The van der Waals surface area contributed by atoms with Crippen LogP contribution in [0.15, 0.2) is 66.7 Å². The molecule has 1 amide bonds. The fourth-order valence-electron chi connectivity index (χ4n) is 3.80. The molecule has 6 nitrogen and oxygen atoms in total. The highest BCUT2D eigenvalue weighted by atomic mass is 16.4. The Morgan fingerprint density at radius 2 is 1.69 bits per heavy atom. The van der Waals surface area contributed by atoms with Crippen LogP contribution in [-0.2, 0) is 11.2 Å². The highest BCUT2D eigenvalue weighted by molar-refractivity contribution is 5.96. The number of carbonyl (C=O) groups excluding carboxylic acids is 1. The summed E-state index contributed by atoms with van der Waals surface area (Å²) in [7, 11) is 0. The lowest BCUT2D eigenvalue weighted by Gasteiger charge is -2.16. The number of benzene rings is 3. The molecule has 0 spiro atoms. The van der Waals surface area contributed by atoms with Crippen LogP contribution in [0.3, 0.4) is 0 Å². The molecule has 0 aliphatic heterocycles. The maximum atomic E-state index is 12.2. The van der Waals surface area contributed by atoms with Gasteiger partial charge in [0, 0.05) is 24.6 Å². The van der Waals surface area contributed by atoms with Crippen molar-refractivity contribution in [3.8, 4) is 0 Å². The first-order valence-corrected chi connectivity index (χ1v) is 10.9. The number of rotatable bonds is 11. The Kier molecular flexibility index (Phi) is 8.36. The summed E-state index contributed by atoms with van der Waals surface area (Å²) in [5.74, 6) is -1.61. The van der Waals surface area contributed by atoms with Gasteiger partial charge in [-0.2, -0.15) is 0 Å². The third kappa shape index (κ3) is 6.15. The number of hydrogen-bond acceptors (Lipinski definition) is 4. The lowest BCUT2D eigenvalue weighted by molar-refractivity contribution is -0.139. The molecular formula is C26H30N2O4. The van der Waals surface area contributed by atoms with E-state index in [2.05, 4.69) is 60.0 Å². The number of amides is 1. The largest absolute Gasteiger partial charge is 0.480 e. The second-order valence-corrected chi connectivity index (χ2v) is 7.92. The van der Waals surface area contributed by atoms with E-state index in [4.69, 9.17) is 10.2 Å². The van der Waals surface area contributed by atoms with Crippen LogP contribution in [0.5, 0.6) is 0 Å². The van der Waals surface area contributed by atoms with Gasteiger partial charge < -0.3 is 20.8 Å². The van der Waals surface area contributed by atoms with Crippen LogP contribution < -0.4 is 10.6 Å². The number of aryl methyl sites for hydroxylation is 1. The zero-order valence-corrected chi connectivity index (χ0v) is 18.3. The van der Waals surface area contributed by atoms with Gasteiger partial charge in [-0.1, -0.05) is 54.6 Å². The SMILES string of the molecule is CC(NCCCc1ccc(C(=O)NC(CCO)C(=O)O)cc1)c1cccc2ccccc12. The van der Waals surface area contributed by atoms with Crippen LogP contribution >= 0.6 is 0 Å². The van der Waals surface area contributed by atoms with E-state index in [0.717, 1.165) is 24.9 Å². The lowest BCUT2D eigenvalue weighted by Crippen LogP contribution is -2.41. The molecule has 0 saturated carbocycles. The fourth-order valence-corrected chi connectivity index (χ4v) is 3.80. The third-order valence-corrected chi connectivity index (χ3v) is 5.62. The summed E-state index contributed by atoms with van der Waals surface area (Å²) >= 11 is 0. The molecule has 32 heavy (non-hydrogen) atoms. The average Bonchev–Trinajstić information content (AvgIpc) is 2.81. The molecule has 6 heteroatoms. The predicted molar refractivity (Wildman–Crippen MR) is 126 cm³/mol. The smallest absolute Gasteiger partial charge is 0.326 e. The Morgan fingerprint density at radius 3 is 2.41 bits per heavy atom. The van der Waals surface area contributed by atoms with Crippen LogP contribution in [0.25, 0.3) is 10.8 Å². The van der Waals surface area contributed by atoms with Gasteiger partial charge in [-0.3, -0.25) is 4.79 Å². The molecule has 0 radical (unpaired) electrons. The van der Waals surface area contributed by atoms with Gasteiger partial charge in [0.25, 0.3) is 5.91 Å². The molecule has 3 rings (SSSR count). The quantitative estimate of drug-likeness (QED) is 0.345. The number of carboxylic acids is 1. The maximum absolute atomic E-state index is 12.2. The molecule has 2 unspecified atom stereocenters. The van der Waals surface area contributed by atoms with E-state index in [-0.39, 0.29) is 19.1 Å². The van der Waals surface area contributed by atoms with Crippen LogP contribution in [0.2, 0.25) is 0 Å². The topological polar surface area (TPSA) is 98.7 Å². The van der Waals surface area contributed by atoms with E-state index in [0.29, 0.717) is 5.56 Å². The van der Waals surface area contributed by atoms with Gasteiger partial charge in [0.15, 0.2) is 0 Å². The number of nitrogens with one attached hydrogen (secondary N) is 2. The summed E-state index contributed by atoms with van der Waals surface area (Å²) in [6.45, 7) is 2.74. The molecule has 0 saturated heterocycles. The normalized spacial score (nSPS) is 12.9. The van der Waals surface area contributed by atoms with Crippen molar-refractivity contribution in [2.24, 2.45) is 0 Å². The standard InChI is InChI=1S/C26H30N2O4/c1-18(22-10-4-8-20-7-2-3-9-23(20)22)27-16-5-6-19-11-13-21(14-12-19)25(30)28-24(15-17-29)26(31)32/h2-4,7-14,18,24,27,29H,5-6,15-17H2,1H3,(H,28,30)(H,31,32). The number of carboxylic acid groups (broad SMARTS) is 1. The molecule has 0 heterocycles. The number of fused-ring (bicyclic) bond motifs is 1. The molecule has 0 aliphatic carbocycles. The van der Waals surface area contributed by atoms with E-state index in [9.17, 15) is 9.59 Å². The van der Waals surface area contributed by atoms with E-state index >= 15 is 0 Å². The highest BCUT2D eigenvalue weighted by Crippen LogP contribution is 2.24. The molecule has 168 valence electrons. The maximum Gasteiger partial charge on any atom is 0.326 e. The summed E-state index contributed by atoms with van der Waals surface area (Å²) in [4.78, 5) is 23.4. The Hall–Kier alpha value is -3.22. The average molecular weight is 435 g/mol. The van der Waals surface area contributed by atoms with Crippen molar-refractivity contribution in [2.75, 3.05) is 13.2 Å². The van der Waals surface area contributed by atoms with Crippen molar-refractivity contribution in [1.29, 1.82) is 0 Å². The van der Waals surface area contributed by atoms with Crippen LogP contribution in [-0.4, -0.2) is 41.3 Å². The third-order valence-electron chi connectivity index (χ3n) is 5.62. The summed E-state index contributed by atoms with van der Waals surface area (Å²) < 4.78 is 0. The molecule has 0 aliphatic rings. The minimum atomic E-state index is -1.16. The first-order chi connectivity index (χ1) is 15.5. The van der Waals surface area contributed by atoms with E-state index in [1.807, 2.05) is 12.1 Å². The van der Waals surface area contributed by atoms with Crippen LogP contribution in [0.4, 0.5) is 0 Å². The summed E-state index contributed by atoms with van der Waals surface area (Å²) in [5, 5.41) is 26.6. The zero-order valence-electron chi connectivity index (χ0n) is 18.3. The van der Waals surface area contributed by atoms with Crippen molar-refractivity contribution < 1.29 is 19.8 Å². The summed E-state index contributed by atoms with van der Waals surface area (Å²) in [6, 6.07) is 21.1. The molecule has 4 N–H and O–H groups in total. The lowest BCUT2D eigenvalue weighted by atomic mass is 9.99. The van der Waals surface area contributed by atoms with Gasteiger partial charge in [0.05, 0.1) is 0 Å². The van der Waals surface area contributed by atoms with Crippen molar-refractivity contribution in [3.05, 3.63) is 83.4 Å². The van der Waals surface area contributed by atoms with Crippen molar-refractivity contribution in [1.82, 2.24) is 10.6 Å². The van der Waals surface area contributed by atoms with E-state index < -0.39 is 17.9 Å². The molecule has 3 aromatic carbocycles. The number of aliphatic carboxylic acids is 1. The minimum Gasteiger partial charge on any atom is -0.480 e. The van der Waals surface area contributed by atoms with E-state index in [1.165, 1.54) is 16.3 Å². The number of carbonyl (C=O) groups is 2.